The lowest BCUT2D eigenvalue weighted by Crippen LogP contribution is -2.13. The summed E-state index contributed by atoms with van der Waals surface area (Å²) in [6, 6.07) is 0.398. The zero-order valence-corrected chi connectivity index (χ0v) is 18.7. The van der Waals surface area contributed by atoms with E-state index in [0.717, 1.165) is 0 Å². The zero-order chi connectivity index (χ0) is 19.1. The molecule has 0 saturated heterocycles. The maximum Gasteiger partial charge on any atom is 0.00104 e. The highest BCUT2D eigenvalue weighted by molar-refractivity contribution is 4.54. The van der Waals surface area contributed by atoms with Crippen LogP contribution in [0.2, 0.25) is 0 Å². The van der Waals surface area contributed by atoms with Crippen LogP contribution in [0, 0.1) is 0 Å². The van der Waals surface area contributed by atoms with Crippen molar-refractivity contribution in [3.63, 3.8) is 0 Å². The van der Waals surface area contributed by atoms with Crippen molar-refractivity contribution >= 4 is 0 Å². The number of unbranched alkanes of at least 4 members (excludes halogenated alkanes) is 20. The molecule has 0 amide bonds. The highest BCUT2D eigenvalue weighted by Crippen LogP contribution is 2.15. The average Bonchev–Trinajstić information content (AvgIpc) is 2.62. The molecule has 1 heteroatoms. The van der Waals surface area contributed by atoms with Crippen molar-refractivity contribution in [2.75, 3.05) is 0 Å². The van der Waals surface area contributed by atoms with Crippen molar-refractivity contribution in [1.82, 2.24) is 0 Å². The molecule has 0 radical (unpaired) electrons. The molecule has 0 fully saturated rings. The van der Waals surface area contributed by atoms with Crippen LogP contribution in [0.5, 0.6) is 0 Å². The van der Waals surface area contributed by atoms with Crippen LogP contribution in [-0.2, 0) is 0 Å². The summed E-state index contributed by atoms with van der Waals surface area (Å²) in [6.07, 6.45) is 31.7. The third-order valence-electron chi connectivity index (χ3n) is 5.76. The molecule has 0 rings (SSSR count). The number of hydrogen-bond acceptors (Lipinski definition) is 1. The lowest BCUT2D eigenvalue weighted by Gasteiger charge is -2.05. The van der Waals surface area contributed by atoms with E-state index in [0.29, 0.717) is 6.04 Å². The lowest BCUT2D eigenvalue weighted by molar-refractivity contribution is 0.515. The van der Waals surface area contributed by atoms with Crippen LogP contribution in [0.4, 0.5) is 0 Å². The van der Waals surface area contributed by atoms with E-state index >= 15 is 0 Å². The van der Waals surface area contributed by atoms with E-state index < -0.39 is 0 Å². The minimum atomic E-state index is 0.398. The fraction of sp³-hybridized carbons (Fsp3) is 1.00. The van der Waals surface area contributed by atoms with E-state index in [2.05, 4.69) is 13.8 Å². The van der Waals surface area contributed by atoms with Gasteiger partial charge in [-0.1, -0.05) is 142 Å². The Bertz CT molecular complexity index is 236. The summed E-state index contributed by atoms with van der Waals surface area (Å²) in [5.41, 5.74) is 5.78. The molecule has 0 heterocycles. The van der Waals surface area contributed by atoms with Crippen molar-refractivity contribution in [2.24, 2.45) is 5.73 Å². The summed E-state index contributed by atoms with van der Waals surface area (Å²) in [7, 11) is 0. The van der Waals surface area contributed by atoms with Crippen molar-refractivity contribution in [2.45, 2.75) is 161 Å². The molecule has 0 bridgehead atoms. The van der Waals surface area contributed by atoms with Gasteiger partial charge in [-0.3, -0.25) is 0 Å². The molecule has 0 aliphatic rings. The smallest absolute Gasteiger partial charge is 0.00104 e. The van der Waals surface area contributed by atoms with Gasteiger partial charge in [-0.15, -0.1) is 0 Å². The largest absolute Gasteiger partial charge is 0.328 e. The van der Waals surface area contributed by atoms with Crippen LogP contribution in [0.15, 0.2) is 0 Å². The highest BCUT2D eigenvalue weighted by atomic mass is 14.6. The Balaban J connectivity index is 2.97. The molecule has 1 atom stereocenters. The Labute approximate surface area is 167 Å². The van der Waals surface area contributed by atoms with Crippen molar-refractivity contribution in [3.8, 4) is 0 Å². The van der Waals surface area contributed by atoms with Gasteiger partial charge in [-0.25, -0.2) is 0 Å². The maximum absolute atomic E-state index is 5.78. The first-order valence-electron chi connectivity index (χ1n) is 12.5. The summed E-state index contributed by atoms with van der Waals surface area (Å²) < 4.78 is 0. The van der Waals surface area contributed by atoms with Gasteiger partial charge in [0.05, 0.1) is 0 Å². The highest BCUT2D eigenvalue weighted by Gasteiger charge is 1.96. The first-order valence-corrected chi connectivity index (χ1v) is 12.5. The average molecular weight is 368 g/mol. The molecule has 0 spiro atoms. The second kappa shape index (κ2) is 23.0. The van der Waals surface area contributed by atoms with Crippen LogP contribution < -0.4 is 5.73 Å². The molecular weight excluding hydrogens is 314 g/mol. The minimum Gasteiger partial charge on any atom is -0.328 e. The second-order valence-electron chi connectivity index (χ2n) is 8.84. The van der Waals surface area contributed by atoms with Crippen LogP contribution in [0.3, 0.4) is 0 Å². The monoisotopic (exact) mass is 367 g/mol. The van der Waals surface area contributed by atoms with E-state index in [1.165, 1.54) is 141 Å². The van der Waals surface area contributed by atoms with Gasteiger partial charge in [0.2, 0.25) is 0 Å². The molecule has 0 aromatic heterocycles. The molecular formula is C25H53N. The predicted octanol–water partition coefficient (Wildman–Crippen LogP) is 8.94. The normalized spacial score (nSPS) is 12.6. The van der Waals surface area contributed by atoms with Crippen LogP contribution in [-0.4, -0.2) is 6.04 Å². The number of rotatable bonds is 22. The number of nitrogens with two attached hydrogens (primary N) is 1. The summed E-state index contributed by atoms with van der Waals surface area (Å²) in [5, 5.41) is 0. The molecule has 1 unspecified atom stereocenters. The molecule has 26 heavy (non-hydrogen) atoms. The molecule has 0 aliphatic heterocycles. The summed E-state index contributed by atoms with van der Waals surface area (Å²) in [5.74, 6) is 0. The molecule has 1 nitrogen and oxygen atoms in total. The Morgan fingerprint density at radius 3 is 0.885 bits per heavy atom. The molecule has 158 valence electrons. The van der Waals surface area contributed by atoms with Gasteiger partial charge in [-0.2, -0.15) is 0 Å². The fourth-order valence-corrected chi connectivity index (χ4v) is 3.90. The minimum absolute atomic E-state index is 0.398. The third-order valence-corrected chi connectivity index (χ3v) is 5.76. The van der Waals surface area contributed by atoms with Gasteiger partial charge >= 0.3 is 0 Å². The molecule has 0 saturated carbocycles. The lowest BCUT2D eigenvalue weighted by atomic mass is 10.0. The Hall–Kier alpha value is -0.0400. The van der Waals surface area contributed by atoms with Gasteiger partial charge in [0, 0.05) is 6.04 Å². The summed E-state index contributed by atoms with van der Waals surface area (Å²) in [6.45, 7) is 4.42. The van der Waals surface area contributed by atoms with Crippen molar-refractivity contribution < 1.29 is 0 Å². The molecule has 0 aromatic rings. The van der Waals surface area contributed by atoms with Gasteiger partial charge < -0.3 is 5.73 Å². The standard InChI is InChI=1S/C25H53N/c1-3-4-5-6-7-8-9-10-11-12-13-14-15-16-17-18-19-20-21-22-23-24-25(2)26/h25H,3-24,26H2,1-2H3. The predicted molar refractivity (Wildman–Crippen MR) is 121 cm³/mol. The van der Waals surface area contributed by atoms with Crippen molar-refractivity contribution in [3.05, 3.63) is 0 Å². The third kappa shape index (κ3) is 24.0. The van der Waals surface area contributed by atoms with E-state index in [4.69, 9.17) is 5.73 Å². The Kier molecular flexibility index (Phi) is 23.0. The van der Waals surface area contributed by atoms with Gasteiger partial charge in [0.25, 0.3) is 0 Å². The first-order chi connectivity index (χ1) is 12.8. The number of hydrogen-bond donors (Lipinski definition) is 1. The van der Waals surface area contributed by atoms with Gasteiger partial charge in [0.1, 0.15) is 0 Å². The topological polar surface area (TPSA) is 26.0 Å². The van der Waals surface area contributed by atoms with E-state index in [9.17, 15) is 0 Å². The van der Waals surface area contributed by atoms with Gasteiger partial charge in [0.15, 0.2) is 0 Å². The molecule has 2 N–H and O–H groups in total. The quantitative estimate of drug-likeness (QED) is 0.190. The Morgan fingerprint density at radius 1 is 0.423 bits per heavy atom. The van der Waals surface area contributed by atoms with Crippen LogP contribution >= 0.6 is 0 Å². The van der Waals surface area contributed by atoms with Crippen LogP contribution in [0.25, 0.3) is 0 Å². The molecule has 0 aliphatic carbocycles. The first kappa shape index (κ1) is 26.0. The Morgan fingerprint density at radius 2 is 0.654 bits per heavy atom. The second-order valence-corrected chi connectivity index (χ2v) is 8.84. The SMILES string of the molecule is CCCCCCCCCCCCCCCCCCCCCCCC(C)N. The zero-order valence-electron chi connectivity index (χ0n) is 18.7. The van der Waals surface area contributed by atoms with E-state index in [1.54, 1.807) is 0 Å². The summed E-state index contributed by atoms with van der Waals surface area (Å²) >= 11 is 0. The fourth-order valence-electron chi connectivity index (χ4n) is 3.90. The van der Waals surface area contributed by atoms with E-state index in [-0.39, 0.29) is 0 Å². The van der Waals surface area contributed by atoms with Crippen LogP contribution in [0.1, 0.15) is 155 Å². The van der Waals surface area contributed by atoms with Crippen molar-refractivity contribution in [1.29, 1.82) is 0 Å². The van der Waals surface area contributed by atoms with E-state index in [1.807, 2.05) is 0 Å². The molecule has 0 aromatic carbocycles. The summed E-state index contributed by atoms with van der Waals surface area (Å²) in [4.78, 5) is 0. The maximum atomic E-state index is 5.78. The van der Waals surface area contributed by atoms with Gasteiger partial charge in [-0.05, 0) is 13.3 Å².